The molecule has 2 N–H and O–H groups in total. The van der Waals surface area contributed by atoms with Crippen LogP contribution in [0, 0.1) is 6.92 Å². The zero-order valence-electron chi connectivity index (χ0n) is 14.7. The molecule has 3 rings (SSSR count). The first-order valence-electron chi connectivity index (χ1n) is 8.65. The molecule has 0 saturated heterocycles. The predicted octanol–water partition coefficient (Wildman–Crippen LogP) is 2.26. The van der Waals surface area contributed by atoms with Crippen molar-refractivity contribution in [2.24, 2.45) is 0 Å². The van der Waals surface area contributed by atoms with Gasteiger partial charge < -0.3 is 19.6 Å². The standard InChI is InChI=1S/C19H22N4O3/c1-14-22-15-6-2-3-7-16(15)23(14)12-5-10-20-18(24)9-11-21-19(25)17-8-4-13-26-17/h2-4,6-8,13H,5,9-12H2,1H3,(H,20,24)(H,21,25). The zero-order chi connectivity index (χ0) is 18.4. The van der Waals surface area contributed by atoms with Crippen molar-refractivity contribution in [3.8, 4) is 0 Å². The summed E-state index contributed by atoms with van der Waals surface area (Å²) in [4.78, 5) is 28.1. The van der Waals surface area contributed by atoms with Gasteiger partial charge in [-0.3, -0.25) is 9.59 Å². The molecule has 0 aliphatic carbocycles. The van der Waals surface area contributed by atoms with Gasteiger partial charge in [0.25, 0.3) is 5.91 Å². The fourth-order valence-corrected chi connectivity index (χ4v) is 2.82. The lowest BCUT2D eigenvalue weighted by Gasteiger charge is -2.08. The third kappa shape index (κ3) is 4.30. The first kappa shape index (κ1) is 17.7. The van der Waals surface area contributed by atoms with Gasteiger partial charge in [0.2, 0.25) is 5.91 Å². The molecule has 3 aromatic rings. The second-order valence-electron chi connectivity index (χ2n) is 5.99. The van der Waals surface area contributed by atoms with Crippen molar-refractivity contribution in [2.45, 2.75) is 26.3 Å². The summed E-state index contributed by atoms with van der Waals surface area (Å²) in [7, 11) is 0. The molecule has 0 saturated carbocycles. The summed E-state index contributed by atoms with van der Waals surface area (Å²) < 4.78 is 7.15. The van der Waals surface area contributed by atoms with Crippen LogP contribution in [-0.4, -0.2) is 34.5 Å². The summed E-state index contributed by atoms with van der Waals surface area (Å²) in [5.74, 6) is 0.814. The number of para-hydroxylation sites is 2. The van der Waals surface area contributed by atoms with Gasteiger partial charge in [0, 0.05) is 26.1 Å². The average molecular weight is 354 g/mol. The number of carbonyl (C=O) groups excluding carboxylic acids is 2. The van der Waals surface area contributed by atoms with Crippen LogP contribution in [0.2, 0.25) is 0 Å². The maximum absolute atomic E-state index is 11.8. The smallest absolute Gasteiger partial charge is 0.286 e. The molecular weight excluding hydrogens is 332 g/mol. The van der Waals surface area contributed by atoms with Gasteiger partial charge in [-0.25, -0.2) is 4.98 Å². The topological polar surface area (TPSA) is 89.2 Å². The number of aryl methyl sites for hydroxylation is 2. The minimum absolute atomic E-state index is 0.0862. The van der Waals surface area contributed by atoms with E-state index in [0.29, 0.717) is 6.54 Å². The molecule has 0 radical (unpaired) electrons. The number of fused-ring (bicyclic) bond motifs is 1. The molecular formula is C19H22N4O3. The van der Waals surface area contributed by atoms with Crippen LogP contribution in [0.1, 0.15) is 29.2 Å². The van der Waals surface area contributed by atoms with Crippen LogP contribution < -0.4 is 10.6 Å². The van der Waals surface area contributed by atoms with E-state index in [0.717, 1.165) is 29.8 Å². The Morgan fingerprint density at radius 3 is 2.77 bits per heavy atom. The van der Waals surface area contributed by atoms with Crippen LogP contribution in [0.15, 0.2) is 47.1 Å². The molecule has 2 amide bonds. The van der Waals surface area contributed by atoms with Crippen molar-refractivity contribution in [1.29, 1.82) is 0 Å². The number of furan rings is 1. The Bertz CT molecular complexity index is 883. The first-order valence-corrected chi connectivity index (χ1v) is 8.65. The summed E-state index contributed by atoms with van der Waals surface area (Å²) in [6.45, 7) is 3.63. The molecule has 0 spiro atoms. The number of benzene rings is 1. The highest BCUT2D eigenvalue weighted by Gasteiger charge is 2.09. The molecule has 7 nitrogen and oxygen atoms in total. The third-order valence-corrected chi connectivity index (χ3v) is 4.11. The zero-order valence-corrected chi connectivity index (χ0v) is 14.7. The minimum Gasteiger partial charge on any atom is -0.459 e. The maximum Gasteiger partial charge on any atom is 0.286 e. The van der Waals surface area contributed by atoms with E-state index in [1.165, 1.54) is 6.26 Å². The van der Waals surface area contributed by atoms with Gasteiger partial charge in [0.05, 0.1) is 17.3 Å². The highest BCUT2D eigenvalue weighted by molar-refractivity contribution is 5.91. The van der Waals surface area contributed by atoms with Crippen molar-refractivity contribution in [1.82, 2.24) is 20.2 Å². The largest absolute Gasteiger partial charge is 0.459 e. The number of nitrogens with zero attached hydrogens (tertiary/aromatic N) is 2. The normalized spacial score (nSPS) is 10.8. The van der Waals surface area contributed by atoms with E-state index >= 15 is 0 Å². The Labute approximate surface area is 151 Å². The van der Waals surface area contributed by atoms with E-state index < -0.39 is 0 Å². The quantitative estimate of drug-likeness (QED) is 0.607. The van der Waals surface area contributed by atoms with Crippen molar-refractivity contribution in [3.05, 3.63) is 54.2 Å². The van der Waals surface area contributed by atoms with Crippen LogP contribution in [0.5, 0.6) is 0 Å². The van der Waals surface area contributed by atoms with Gasteiger partial charge in [-0.2, -0.15) is 0 Å². The number of amides is 2. The van der Waals surface area contributed by atoms with Crippen LogP contribution in [0.25, 0.3) is 11.0 Å². The van der Waals surface area contributed by atoms with Gasteiger partial charge >= 0.3 is 0 Å². The number of aromatic nitrogens is 2. The van der Waals surface area contributed by atoms with E-state index in [1.807, 2.05) is 25.1 Å². The van der Waals surface area contributed by atoms with E-state index in [1.54, 1.807) is 12.1 Å². The van der Waals surface area contributed by atoms with E-state index in [4.69, 9.17) is 4.42 Å². The molecule has 2 heterocycles. The molecule has 7 heteroatoms. The molecule has 2 aromatic heterocycles. The number of imidazole rings is 1. The van der Waals surface area contributed by atoms with Crippen LogP contribution >= 0.6 is 0 Å². The van der Waals surface area contributed by atoms with Gasteiger partial charge in [-0.05, 0) is 37.6 Å². The number of carbonyl (C=O) groups is 2. The van der Waals surface area contributed by atoms with Gasteiger partial charge in [-0.1, -0.05) is 12.1 Å². The second kappa shape index (κ2) is 8.33. The Hall–Kier alpha value is -3.09. The monoisotopic (exact) mass is 354 g/mol. The lowest BCUT2D eigenvalue weighted by molar-refractivity contribution is -0.120. The fraction of sp³-hybridized carbons (Fsp3) is 0.316. The van der Waals surface area contributed by atoms with E-state index in [2.05, 4.69) is 26.3 Å². The van der Waals surface area contributed by atoms with E-state index in [-0.39, 0.29) is 30.5 Å². The van der Waals surface area contributed by atoms with Crippen LogP contribution in [-0.2, 0) is 11.3 Å². The molecule has 136 valence electrons. The SMILES string of the molecule is Cc1nc2ccccc2n1CCCNC(=O)CCNC(=O)c1ccco1. The molecule has 0 unspecified atom stereocenters. The van der Waals surface area contributed by atoms with Gasteiger partial charge in [0.15, 0.2) is 5.76 Å². The molecule has 0 aliphatic heterocycles. The lowest BCUT2D eigenvalue weighted by atomic mass is 10.3. The molecule has 0 fully saturated rings. The summed E-state index contributed by atoms with van der Waals surface area (Å²) in [6.07, 6.45) is 2.48. The summed E-state index contributed by atoms with van der Waals surface area (Å²) in [5, 5.41) is 5.52. The highest BCUT2D eigenvalue weighted by Crippen LogP contribution is 2.15. The minimum atomic E-state index is -0.315. The highest BCUT2D eigenvalue weighted by atomic mass is 16.3. The number of nitrogens with one attached hydrogen (secondary N) is 2. The van der Waals surface area contributed by atoms with Crippen molar-refractivity contribution >= 4 is 22.8 Å². The maximum atomic E-state index is 11.8. The lowest BCUT2D eigenvalue weighted by Crippen LogP contribution is -2.31. The second-order valence-corrected chi connectivity index (χ2v) is 5.99. The van der Waals surface area contributed by atoms with Gasteiger partial charge in [0.1, 0.15) is 5.82 Å². The molecule has 0 aliphatic rings. The molecule has 1 aromatic carbocycles. The Kier molecular flexibility index (Phi) is 5.68. The number of hydrogen-bond acceptors (Lipinski definition) is 4. The molecule has 0 bridgehead atoms. The Morgan fingerprint density at radius 1 is 1.12 bits per heavy atom. The predicted molar refractivity (Wildman–Crippen MR) is 97.8 cm³/mol. The van der Waals surface area contributed by atoms with E-state index in [9.17, 15) is 9.59 Å². The van der Waals surface area contributed by atoms with Crippen LogP contribution in [0.4, 0.5) is 0 Å². The first-order chi connectivity index (χ1) is 12.6. The fourth-order valence-electron chi connectivity index (χ4n) is 2.82. The van der Waals surface area contributed by atoms with Crippen LogP contribution in [0.3, 0.4) is 0 Å². The average Bonchev–Trinajstić information content (AvgIpc) is 3.26. The summed E-state index contributed by atoms with van der Waals surface area (Å²) in [5.41, 5.74) is 2.10. The number of hydrogen-bond donors (Lipinski definition) is 2. The summed E-state index contributed by atoms with van der Waals surface area (Å²) >= 11 is 0. The van der Waals surface area contributed by atoms with Crippen molar-refractivity contribution < 1.29 is 14.0 Å². The van der Waals surface area contributed by atoms with Gasteiger partial charge in [-0.15, -0.1) is 0 Å². The summed E-state index contributed by atoms with van der Waals surface area (Å²) in [6, 6.07) is 11.3. The molecule has 26 heavy (non-hydrogen) atoms. The van der Waals surface area contributed by atoms with Crippen molar-refractivity contribution in [3.63, 3.8) is 0 Å². The Morgan fingerprint density at radius 2 is 1.96 bits per heavy atom. The number of rotatable bonds is 8. The van der Waals surface area contributed by atoms with Crippen molar-refractivity contribution in [2.75, 3.05) is 13.1 Å². The Balaban J connectivity index is 1.36. The molecule has 0 atom stereocenters. The third-order valence-electron chi connectivity index (χ3n) is 4.11.